The fraction of sp³-hybridized carbons (Fsp3) is 0.261. The van der Waals surface area contributed by atoms with Crippen LogP contribution in [0.4, 0.5) is 0 Å². The van der Waals surface area contributed by atoms with E-state index >= 15 is 0 Å². The van der Waals surface area contributed by atoms with Crippen LogP contribution in [0.25, 0.3) is 17.0 Å². The van der Waals surface area contributed by atoms with E-state index < -0.39 is 0 Å². The van der Waals surface area contributed by atoms with E-state index in [1.807, 2.05) is 38.1 Å². The zero-order valence-corrected chi connectivity index (χ0v) is 16.4. The van der Waals surface area contributed by atoms with E-state index in [2.05, 4.69) is 52.1 Å². The number of rotatable bonds is 7. The zero-order chi connectivity index (χ0) is 19.5. The molecule has 27 heavy (non-hydrogen) atoms. The number of hydrogen-bond donors (Lipinski definition) is 3. The van der Waals surface area contributed by atoms with Crippen molar-refractivity contribution in [2.24, 2.45) is 0 Å². The molecule has 3 N–H and O–H groups in total. The van der Waals surface area contributed by atoms with Gasteiger partial charge in [-0.1, -0.05) is 56.3 Å². The van der Waals surface area contributed by atoms with Crippen molar-refractivity contribution in [3.8, 4) is 0 Å². The maximum Gasteiger partial charge on any atom is 0.243 e. The summed E-state index contributed by atoms with van der Waals surface area (Å²) in [5.41, 5.74) is 4.79. The van der Waals surface area contributed by atoms with E-state index in [-0.39, 0.29) is 5.91 Å². The average Bonchev–Trinajstić information content (AvgIpc) is 3.15. The number of benzene rings is 2. The molecule has 0 spiro atoms. The van der Waals surface area contributed by atoms with Crippen LogP contribution in [0, 0.1) is 0 Å². The molecule has 0 unspecified atom stereocenters. The summed E-state index contributed by atoms with van der Waals surface area (Å²) < 4.78 is 0. The SMILES string of the molecule is CC.CNC(=O)/C=C/c1ccc(CNCCc2c[nH]c3ccccc23)cc1. The monoisotopic (exact) mass is 363 g/mol. The largest absolute Gasteiger partial charge is 0.361 e. The maximum atomic E-state index is 11.2. The summed E-state index contributed by atoms with van der Waals surface area (Å²) in [6, 6.07) is 16.6. The van der Waals surface area contributed by atoms with Crippen molar-refractivity contribution in [2.75, 3.05) is 13.6 Å². The van der Waals surface area contributed by atoms with Gasteiger partial charge >= 0.3 is 0 Å². The fourth-order valence-corrected chi connectivity index (χ4v) is 2.80. The number of amides is 1. The van der Waals surface area contributed by atoms with Gasteiger partial charge in [-0.3, -0.25) is 4.79 Å². The van der Waals surface area contributed by atoms with E-state index in [0.29, 0.717) is 0 Å². The van der Waals surface area contributed by atoms with Gasteiger partial charge in [-0.25, -0.2) is 0 Å². The Balaban J connectivity index is 0.00000126. The minimum atomic E-state index is -0.0944. The molecular weight excluding hydrogens is 334 g/mol. The molecule has 3 aromatic rings. The van der Waals surface area contributed by atoms with Gasteiger partial charge < -0.3 is 15.6 Å². The van der Waals surface area contributed by atoms with Crippen molar-refractivity contribution in [3.63, 3.8) is 0 Å². The van der Waals surface area contributed by atoms with Crippen molar-refractivity contribution < 1.29 is 4.79 Å². The van der Waals surface area contributed by atoms with Crippen LogP contribution < -0.4 is 10.6 Å². The quantitative estimate of drug-likeness (QED) is 0.433. The lowest BCUT2D eigenvalue weighted by Crippen LogP contribution is -2.16. The minimum absolute atomic E-state index is 0.0944. The number of aromatic nitrogens is 1. The van der Waals surface area contributed by atoms with Gasteiger partial charge in [0.25, 0.3) is 0 Å². The first-order valence-electron chi connectivity index (χ1n) is 9.51. The first kappa shape index (κ1) is 20.5. The Morgan fingerprint density at radius 2 is 1.81 bits per heavy atom. The number of para-hydroxylation sites is 1. The highest BCUT2D eigenvalue weighted by molar-refractivity contribution is 5.91. The van der Waals surface area contributed by atoms with Gasteiger partial charge in [0.05, 0.1) is 0 Å². The van der Waals surface area contributed by atoms with Gasteiger partial charge in [-0.2, -0.15) is 0 Å². The Morgan fingerprint density at radius 1 is 1.07 bits per heavy atom. The summed E-state index contributed by atoms with van der Waals surface area (Å²) in [6.45, 7) is 5.77. The van der Waals surface area contributed by atoms with E-state index in [1.165, 1.54) is 28.1 Å². The Labute approximate surface area is 161 Å². The van der Waals surface area contributed by atoms with Gasteiger partial charge in [0.2, 0.25) is 5.91 Å². The number of aromatic amines is 1. The number of carbonyl (C=O) groups is 1. The van der Waals surface area contributed by atoms with E-state index in [0.717, 1.165) is 25.1 Å². The Kier molecular flexibility index (Phi) is 8.33. The smallest absolute Gasteiger partial charge is 0.243 e. The highest BCUT2D eigenvalue weighted by atomic mass is 16.1. The Bertz CT molecular complexity index is 863. The maximum absolute atomic E-state index is 11.2. The molecule has 4 nitrogen and oxygen atoms in total. The molecule has 2 aromatic carbocycles. The van der Waals surface area contributed by atoms with Crippen LogP contribution in [0.5, 0.6) is 0 Å². The molecule has 0 aliphatic carbocycles. The predicted molar refractivity (Wildman–Crippen MR) is 115 cm³/mol. The molecule has 1 aromatic heterocycles. The van der Waals surface area contributed by atoms with Crippen molar-refractivity contribution in [1.29, 1.82) is 0 Å². The van der Waals surface area contributed by atoms with Crippen molar-refractivity contribution in [1.82, 2.24) is 15.6 Å². The van der Waals surface area contributed by atoms with Crippen LogP contribution >= 0.6 is 0 Å². The molecule has 0 radical (unpaired) electrons. The lowest BCUT2D eigenvalue weighted by atomic mass is 10.1. The standard InChI is InChI=1S/C21H23N3O.C2H6/c1-22-21(25)11-10-16-6-8-17(9-7-16)14-23-13-12-18-15-24-20-5-3-2-4-19(18)20;1-2/h2-11,15,23-24H,12-14H2,1H3,(H,22,25);1-2H3/b11-10+;. The second-order valence-corrected chi connectivity index (χ2v) is 5.98. The number of fused-ring (bicyclic) bond motifs is 1. The van der Waals surface area contributed by atoms with Gasteiger partial charge in [0.1, 0.15) is 0 Å². The average molecular weight is 364 g/mol. The normalized spacial score (nSPS) is 10.6. The third-order valence-electron chi connectivity index (χ3n) is 4.23. The van der Waals surface area contributed by atoms with Gasteiger partial charge in [0, 0.05) is 36.8 Å². The summed E-state index contributed by atoms with van der Waals surface area (Å²) in [4.78, 5) is 14.5. The van der Waals surface area contributed by atoms with Crippen LogP contribution in [0.15, 0.2) is 60.8 Å². The fourth-order valence-electron chi connectivity index (χ4n) is 2.80. The summed E-state index contributed by atoms with van der Waals surface area (Å²) in [5, 5.41) is 7.36. The summed E-state index contributed by atoms with van der Waals surface area (Å²) in [5.74, 6) is -0.0944. The molecule has 0 atom stereocenters. The molecule has 142 valence electrons. The molecule has 0 fully saturated rings. The highest BCUT2D eigenvalue weighted by Gasteiger charge is 2.02. The first-order valence-corrected chi connectivity index (χ1v) is 9.51. The summed E-state index contributed by atoms with van der Waals surface area (Å²) >= 11 is 0. The zero-order valence-electron chi connectivity index (χ0n) is 16.4. The molecule has 0 aliphatic heterocycles. The van der Waals surface area contributed by atoms with Gasteiger partial charge in [-0.15, -0.1) is 0 Å². The van der Waals surface area contributed by atoms with Gasteiger partial charge in [-0.05, 0) is 41.8 Å². The van der Waals surface area contributed by atoms with Crippen molar-refractivity contribution in [3.05, 3.63) is 77.5 Å². The van der Waals surface area contributed by atoms with Crippen LogP contribution in [-0.2, 0) is 17.8 Å². The molecule has 0 bridgehead atoms. The molecule has 1 amide bonds. The van der Waals surface area contributed by atoms with E-state index in [9.17, 15) is 4.79 Å². The lowest BCUT2D eigenvalue weighted by molar-refractivity contribution is -0.115. The molecule has 4 heteroatoms. The van der Waals surface area contributed by atoms with E-state index in [1.54, 1.807) is 7.05 Å². The van der Waals surface area contributed by atoms with Gasteiger partial charge in [0.15, 0.2) is 0 Å². The van der Waals surface area contributed by atoms with E-state index in [4.69, 9.17) is 0 Å². The number of likely N-dealkylation sites (N-methyl/N-ethyl adjacent to an activating group) is 1. The first-order chi connectivity index (χ1) is 13.3. The molecule has 1 heterocycles. The van der Waals surface area contributed by atoms with Crippen LogP contribution in [0.2, 0.25) is 0 Å². The number of hydrogen-bond acceptors (Lipinski definition) is 2. The number of H-pyrrole nitrogens is 1. The van der Waals surface area contributed by atoms with Crippen LogP contribution in [0.1, 0.15) is 30.5 Å². The molecule has 0 saturated carbocycles. The minimum Gasteiger partial charge on any atom is -0.361 e. The number of nitrogens with one attached hydrogen (secondary N) is 3. The van der Waals surface area contributed by atoms with Crippen LogP contribution in [0.3, 0.4) is 0 Å². The van der Waals surface area contributed by atoms with Crippen molar-refractivity contribution >= 4 is 22.9 Å². The Hall–Kier alpha value is -2.85. The molecule has 0 aliphatic rings. The molecule has 0 saturated heterocycles. The molecular formula is C23H29N3O. The third-order valence-corrected chi connectivity index (χ3v) is 4.23. The predicted octanol–water partition coefficient (Wildman–Crippen LogP) is 4.29. The number of carbonyl (C=O) groups excluding carboxylic acids is 1. The highest BCUT2D eigenvalue weighted by Crippen LogP contribution is 2.17. The topological polar surface area (TPSA) is 56.9 Å². The lowest BCUT2D eigenvalue weighted by Gasteiger charge is -2.05. The Morgan fingerprint density at radius 3 is 2.56 bits per heavy atom. The third kappa shape index (κ3) is 6.12. The summed E-state index contributed by atoms with van der Waals surface area (Å²) in [7, 11) is 1.62. The van der Waals surface area contributed by atoms with Crippen molar-refractivity contribution in [2.45, 2.75) is 26.8 Å². The summed E-state index contributed by atoms with van der Waals surface area (Å²) in [6.07, 6.45) is 6.44. The second kappa shape index (κ2) is 11.0. The molecule has 3 rings (SSSR count). The van der Waals surface area contributed by atoms with Crippen LogP contribution in [-0.4, -0.2) is 24.5 Å². The second-order valence-electron chi connectivity index (χ2n) is 5.98.